The number of pyridine rings is 1. The maximum absolute atomic E-state index is 13.6. The summed E-state index contributed by atoms with van der Waals surface area (Å²) in [6.45, 7) is 1.97. The molecule has 8 nitrogen and oxygen atoms in total. The molecule has 0 fully saturated rings. The van der Waals surface area contributed by atoms with Crippen LogP contribution in [-0.4, -0.2) is 35.2 Å². The average molecular weight is 434 g/mol. The van der Waals surface area contributed by atoms with Crippen LogP contribution in [0.3, 0.4) is 0 Å². The zero-order chi connectivity index (χ0) is 22.6. The molecule has 0 saturated carbocycles. The van der Waals surface area contributed by atoms with Gasteiger partial charge in [0.15, 0.2) is 0 Å². The first-order valence-corrected chi connectivity index (χ1v) is 9.19. The van der Waals surface area contributed by atoms with Crippen molar-refractivity contribution in [1.82, 2.24) is 20.5 Å². The fourth-order valence-electron chi connectivity index (χ4n) is 2.94. The van der Waals surface area contributed by atoms with Gasteiger partial charge in [0.25, 0.3) is 5.91 Å². The standard InChI is InChI=1S/C20H21F3N6O2/c1-11-18(16(10-31-3)29-28-11)27-17-8-15(13(9-25-17)20(21,22)23)26-14-7-5-4-6-12(14)19(30)24-2/h4-9H,10H2,1-3H3,(H,24,30)(H,28,29)(H2,25,26,27). The lowest BCUT2D eigenvalue weighted by Crippen LogP contribution is -2.19. The van der Waals surface area contributed by atoms with Gasteiger partial charge in [-0.3, -0.25) is 9.89 Å². The summed E-state index contributed by atoms with van der Waals surface area (Å²) in [7, 11) is 2.95. The lowest BCUT2D eigenvalue weighted by molar-refractivity contribution is -0.137. The summed E-state index contributed by atoms with van der Waals surface area (Å²) in [5.74, 6) is -0.267. The summed E-state index contributed by atoms with van der Waals surface area (Å²) in [5, 5.41) is 15.1. The van der Waals surface area contributed by atoms with Crippen LogP contribution in [0.25, 0.3) is 0 Å². The fourth-order valence-corrected chi connectivity index (χ4v) is 2.94. The van der Waals surface area contributed by atoms with Crippen LogP contribution in [0.5, 0.6) is 0 Å². The number of ether oxygens (including phenoxy) is 1. The quantitative estimate of drug-likeness (QED) is 0.446. The number of benzene rings is 1. The van der Waals surface area contributed by atoms with Crippen LogP contribution in [0.2, 0.25) is 0 Å². The molecule has 2 heterocycles. The number of nitrogens with one attached hydrogen (secondary N) is 4. The summed E-state index contributed by atoms with van der Waals surface area (Å²) < 4.78 is 45.9. The maximum atomic E-state index is 13.6. The second-order valence-electron chi connectivity index (χ2n) is 6.59. The van der Waals surface area contributed by atoms with Crippen molar-refractivity contribution in [2.45, 2.75) is 19.7 Å². The van der Waals surface area contributed by atoms with Gasteiger partial charge in [-0.15, -0.1) is 0 Å². The van der Waals surface area contributed by atoms with Crippen LogP contribution in [0, 0.1) is 6.92 Å². The lowest BCUT2D eigenvalue weighted by Gasteiger charge is -2.17. The van der Waals surface area contributed by atoms with E-state index in [0.29, 0.717) is 17.1 Å². The Kier molecular flexibility index (Phi) is 6.44. The number of H-pyrrole nitrogens is 1. The predicted octanol–water partition coefficient (Wildman–Crippen LogP) is 4.13. The van der Waals surface area contributed by atoms with Gasteiger partial charge in [-0.2, -0.15) is 18.3 Å². The van der Waals surface area contributed by atoms with Crippen LogP contribution >= 0.6 is 0 Å². The smallest absolute Gasteiger partial charge is 0.378 e. The van der Waals surface area contributed by atoms with E-state index in [9.17, 15) is 18.0 Å². The zero-order valence-corrected chi connectivity index (χ0v) is 17.0. The average Bonchev–Trinajstić information content (AvgIpc) is 3.07. The van der Waals surface area contributed by atoms with Gasteiger partial charge in [0.05, 0.1) is 40.5 Å². The van der Waals surface area contributed by atoms with Crippen molar-refractivity contribution >= 4 is 28.8 Å². The molecule has 11 heteroatoms. The molecule has 0 aliphatic rings. The van der Waals surface area contributed by atoms with E-state index in [0.717, 1.165) is 6.20 Å². The number of aromatic nitrogens is 3. The first-order valence-electron chi connectivity index (χ1n) is 9.19. The Morgan fingerprint density at radius 2 is 1.94 bits per heavy atom. The molecule has 0 aliphatic carbocycles. The molecule has 3 rings (SSSR count). The van der Waals surface area contributed by atoms with Crippen LogP contribution in [-0.2, 0) is 17.5 Å². The topological polar surface area (TPSA) is 104 Å². The largest absolute Gasteiger partial charge is 0.419 e. The van der Waals surface area contributed by atoms with Crippen molar-refractivity contribution in [1.29, 1.82) is 0 Å². The monoisotopic (exact) mass is 434 g/mol. The van der Waals surface area contributed by atoms with E-state index in [4.69, 9.17) is 4.74 Å². The number of aromatic amines is 1. The summed E-state index contributed by atoms with van der Waals surface area (Å²) >= 11 is 0. The Bertz CT molecular complexity index is 1080. The van der Waals surface area contributed by atoms with Gasteiger partial charge < -0.3 is 20.7 Å². The third-order valence-electron chi connectivity index (χ3n) is 4.43. The second kappa shape index (κ2) is 9.04. The van der Waals surface area contributed by atoms with E-state index in [1.165, 1.54) is 32.4 Å². The van der Waals surface area contributed by atoms with Gasteiger partial charge in [-0.05, 0) is 19.1 Å². The molecule has 164 valence electrons. The number of rotatable bonds is 7. The Morgan fingerprint density at radius 3 is 2.61 bits per heavy atom. The molecular formula is C20H21F3N6O2. The Balaban J connectivity index is 2.02. The van der Waals surface area contributed by atoms with E-state index < -0.39 is 17.6 Å². The number of nitrogens with zero attached hydrogens (tertiary/aromatic N) is 2. The second-order valence-corrected chi connectivity index (χ2v) is 6.59. The summed E-state index contributed by atoms with van der Waals surface area (Å²) in [6.07, 6.45) is -3.92. The zero-order valence-electron chi connectivity index (χ0n) is 17.0. The Morgan fingerprint density at radius 1 is 1.19 bits per heavy atom. The number of para-hydroxylation sites is 1. The number of amides is 1. The van der Waals surface area contributed by atoms with Crippen molar-refractivity contribution < 1.29 is 22.7 Å². The number of carbonyl (C=O) groups excluding carboxylic acids is 1. The SMILES string of the molecule is CNC(=O)c1ccccc1Nc1cc(Nc2c(COC)n[nH]c2C)ncc1C(F)(F)F. The van der Waals surface area contributed by atoms with Gasteiger partial charge >= 0.3 is 6.18 Å². The van der Waals surface area contributed by atoms with Crippen molar-refractivity contribution in [3.63, 3.8) is 0 Å². The van der Waals surface area contributed by atoms with Gasteiger partial charge in [0.1, 0.15) is 11.5 Å². The van der Waals surface area contributed by atoms with E-state index in [-0.39, 0.29) is 29.4 Å². The summed E-state index contributed by atoms with van der Waals surface area (Å²) in [5.41, 5.74) is 1.00. The molecule has 3 aromatic rings. The Hall–Kier alpha value is -3.60. The molecule has 1 amide bonds. The minimum Gasteiger partial charge on any atom is -0.378 e. The van der Waals surface area contributed by atoms with Crippen LogP contribution < -0.4 is 16.0 Å². The van der Waals surface area contributed by atoms with Crippen LogP contribution in [0.1, 0.15) is 27.3 Å². The number of hydrogen-bond acceptors (Lipinski definition) is 6. The summed E-state index contributed by atoms with van der Waals surface area (Å²) in [4.78, 5) is 16.0. The van der Waals surface area contributed by atoms with Crippen molar-refractivity contribution in [3.8, 4) is 0 Å². The van der Waals surface area contributed by atoms with Crippen molar-refractivity contribution in [2.75, 3.05) is 24.8 Å². The van der Waals surface area contributed by atoms with Crippen LogP contribution in [0.15, 0.2) is 36.5 Å². The highest BCUT2D eigenvalue weighted by Crippen LogP contribution is 2.38. The van der Waals surface area contributed by atoms with Crippen molar-refractivity contribution in [2.24, 2.45) is 0 Å². The normalized spacial score (nSPS) is 11.3. The molecule has 0 atom stereocenters. The molecule has 0 saturated heterocycles. The molecule has 0 aliphatic heterocycles. The number of carbonyl (C=O) groups is 1. The molecule has 0 radical (unpaired) electrons. The van der Waals surface area contributed by atoms with Gasteiger partial charge in [-0.1, -0.05) is 12.1 Å². The van der Waals surface area contributed by atoms with E-state index in [1.807, 2.05) is 0 Å². The van der Waals surface area contributed by atoms with Crippen LogP contribution in [0.4, 0.5) is 36.1 Å². The number of hydrogen-bond donors (Lipinski definition) is 4. The molecule has 31 heavy (non-hydrogen) atoms. The number of anilines is 4. The minimum absolute atomic E-state index is 0.162. The number of halogens is 3. The third-order valence-corrected chi connectivity index (χ3v) is 4.43. The highest BCUT2D eigenvalue weighted by molar-refractivity contribution is 6.00. The van der Waals surface area contributed by atoms with E-state index in [2.05, 4.69) is 31.1 Å². The molecule has 0 spiro atoms. The molecule has 0 bridgehead atoms. The fraction of sp³-hybridized carbons (Fsp3) is 0.250. The number of alkyl halides is 3. The minimum atomic E-state index is -4.65. The molecule has 4 N–H and O–H groups in total. The third kappa shape index (κ3) is 4.94. The first-order chi connectivity index (χ1) is 14.7. The van der Waals surface area contributed by atoms with E-state index in [1.54, 1.807) is 19.1 Å². The molecule has 1 aromatic carbocycles. The first kappa shape index (κ1) is 22.1. The van der Waals surface area contributed by atoms with Crippen molar-refractivity contribution in [3.05, 3.63) is 59.0 Å². The van der Waals surface area contributed by atoms with Gasteiger partial charge in [0.2, 0.25) is 0 Å². The van der Waals surface area contributed by atoms with E-state index >= 15 is 0 Å². The number of aryl methyl sites for hydroxylation is 1. The Labute approximate surface area is 176 Å². The maximum Gasteiger partial charge on any atom is 0.419 e. The highest BCUT2D eigenvalue weighted by atomic mass is 19.4. The van der Waals surface area contributed by atoms with Gasteiger partial charge in [-0.25, -0.2) is 4.98 Å². The molecule has 2 aromatic heterocycles. The molecule has 0 unspecified atom stereocenters. The lowest BCUT2D eigenvalue weighted by atomic mass is 10.1. The number of methoxy groups -OCH3 is 1. The predicted molar refractivity (Wildman–Crippen MR) is 110 cm³/mol. The highest BCUT2D eigenvalue weighted by Gasteiger charge is 2.34. The van der Waals surface area contributed by atoms with Gasteiger partial charge in [0, 0.05) is 26.4 Å². The molecular weight excluding hydrogens is 413 g/mol. The summed E-state index contributed by atoms with van der Waals surface area (Å²) in [6, 6.07) is 7.51.